The van der Waals surface area contributed by atoms with Gasteiger partial charge >= 0.3 is 0 Å². The molecular weight excluding hydrogens is 252 g/mol. The fourth-order valence-corrected chi connectivity index (χ4v) is 1.64. The summed E-state index contributed by atoms with van der Waals surface area (Å²) in [5.41, 5.74) is 1.33. The molecule has 0 radical (unpaired) electrons. The number of hydrogen-bond donors (Lipinski definition) is 0. The van der Waals surface area contributed by atoms with Gasteiger partial charge in [-0.1, -0.05) is 22.8 Å². The third-order valence-electron chi connectivity index (χ3n) is 2.27. The predicted octanol–water partition coefficient (Wildman–Crippen LogP) is 2.85. The van der Waals surface area contributed by atoms with Crippen molar-refractivity contribution in [2.45, 2.75) is 0 Å². The Balaban J connectivity index is 2.00. The van der Waals surface area contributed by atoms with Crippen LogP contribution < -0.4 is 0 Å². The second-order valence-electron chi connectivity index (χ2n) is 3.53. The summed E-state index contributed by atoms with van der Waals surface area (Å²) in [6.07, 6.45) is 4.83. The Labute approximate surface area is 107 Å². The summed E-state index contributed by atoms with van der Waals surface area (Å²) in [4.78, 5) is 12.4. The van der Waals surface area contributed by atoms with E-state index in [1.54, 1.807) is 24.7 Å². The van der Waals surface area contributed by atoms with Crippen molar-refractivity contribution in [1.29, 1.82) is 0 Å². The minimum absolute atomic E-state index is 0.366. The minimum Gasteiger partial charge on any atom is -0.333 e. The zero-order chi connectivity index (χ0) is 12.4. The van der Waals surface area contributed by atoms with E-state index in [0.717, 1.165) is 0 Å². The predicted molar refractivity (Wildman–Crippen MR) is 65.8 cm³/mol. The standard InChI is InChI=1S/C12H7ClN4O/c13-9-5-8(6-14-7-9)12-16-11(17-18-12)10-3-1-2-4-15-10/h1-7H. The van der Waals surface area contributed by atoms with Crippen molar-refractivity contribution in [2.75, 3.05) is 0 Å². The van der Waals surface area contributed by atoms with Crippen molar-refractivity contribution in [3.63, 3.8) is 0 Å². The second-order valence-corrected chi connectivity index (χ2v) is 3.97. The van der Waals surface area contributed by atoms with E-state index in [9.17, 15) is 0 Å². The van der Waals surface area contributed by atoms with Crippen molar-refractivity contribution in [1.82, 2.24) is 20.1 Å². The molecule has 3 heterocycles. The lowest BCUT2D eigenvalue weighted by molar-refractivity contribution is 0.432. The molecule has 0 aliphatic carbocycles. The van der Waals surface area contributed by atoms with E-state index in [1.165, 1.54) is 0 Å². The van der Waals surface area contributed by atoms with Crippen molar-refractivity contribution < 1.29 is 4.52 Å². The summed E-state index contributed by atoms with van der Waals surface area (Å²) in [6.45, 7) is 0. The molecule has 18 heavy (non-hydrogen) atoms. The summed E-state index contributed by atoms with van der Waals surface area (Å²) in [7, 11) is 0. The first kappa shape index (κ1) is 10.9. The molecular formula is C12H7ClN4O. The molecule has 0 atom stereocenters. The molecule has 0 aromatic carbocycles. The lowest BCUT2D eigenvalue weighted by atomic mass is 10.3. The Hall–Kier alpha value is -2.27. The Bertz CT molecular complexity index is 669. The van der Waals surface area contributed by atoms with Gasteiger partial charge in [0.25, 0.3) is 5.89 Å². The summed E-state index contributed by atoms with van der Waals surface area (Å²) in [5.74, 6) is 0.802. The highest BCUT2D eigenvalue weighted by atomic mass is 35.5. The molecule has 3 aromatic heterocycles. The van der Waals surface area contributed by atoms with Crippen LogP contribution in [0.15, 0.2) is 47.4 Å². The quantitative estimate of drug-likeness (QED) is 0.707. The zero-order valence-electron chi connectivity index (χ0n) is 9.12. The molecule has 0 aliphatic rings. The van der Waals surface area contributed by atoms with E-state index >= 15 is 0 Å². The summed E-state index contributed by atoms with van der Waals surface area (Å²) < 4.78 is 5.16. The van der Waals surface area contributed by atoms with Crippen molar-refractivity contribution in [3.05, 3.63) is 47.9 Å². The second kappa shape index (κ2) is 4.54. The van der Waals surface area contributed by atoms with E-state index < -0.39 is 0 Å². The van der Waals surface area contributed by atoms with Gasteiger partial charge in [0.2, 0.25) is 5.82 Å². The third-order valence-corrected chi connectivity index (χ3v) is 2.48. The Morgan fingerprint density at radius 3 is 2.89 bits per heavy atom. The van der Waals surface area contributed by atoms with E-state index in [0.29, 0.717) is 28.0 Å². The SMILES string of the molecule is Clc1cncc(-c2nc(-c3ccccn3)no2)c1. The van der Waals surface area contributed by atoms with Crippen molar-refractivity contribution >= 4 is 11.6 Å². The molecule has 0 unspecified atom stereocenters. The largest absolute Gasteiger partial charge is 0.333 e. The highest BCUT2D eigenvalue weighted by molar-refractivity contribution is 6.30. The van der Waals surface area contributed by atoms with Crippen LogP contribution in [0.5, 0.6) is 0 Å². The lowest BCUT2D eigenvalue weighted by Gasteiger charge is -1.93. The van der Waals surface area contributed by atoms with Crippen LogP contribution in [0.1, 0.15) is 0 Å². The van der Waals surface area contributed by atoms with Crippen molar-refractivity contribution in [2.24, 2.45) is 0 Å². The smallest absolute Gasteiger partial charge is 0.259 e. The van der Waals surface area contributed by atoms with Crippen LogP contribution in [0.25, 0.3) is 23.0 Å². The molecule has 0 spiro atoms. The Morgan fingerprint density at radius 1 is 1.17 bits per heavy atom. The fourth-order valence-electron chi connectivity index (χ4n) is 1.47. The third kappa shape index (κ3) is 2.08. The van der Waals surface area contributed by atoms with Crippen LogP contribution >= 0.6 is 11.6 Å². The summed E-state index contributed by atoms with van der Waals surface area (Å²) in [5, 5.41) is 4.39. The van der Waals surface area contributed by atoms with Crippen LogP contribution in [0.2, 0.25) is 5.02 Å². The van der Waals surface area contributed by atoms with Crippen LogP contribution in [-0.2, 0) is 0 Å². The van der Waals surface area contributed by atoms with Gasteiger partial charge in [-0.25, -0.2) is 0 Å². The molecule has 0 aliphatic heterocycles. The summed E-state index contributed by atoms with van der Waals surface area (Å²) >= 11 is 5.85. The van der Waals surface area contributed by atoms with E-state index in [1.807, 2.05) is 18.2 Å². The van der Waals surface area contributed by atoms with Gasteiger partial charge < -0.3 is 4.52 Å². The van der Waals surface area contributed by atoms with Gasteiger partial charge in [0.05, 0.1) is 10.6 Å². The summed E-state index contributed by atoms with van der Waals surface area (Å²) in [6, 6.07) is 7.21. The molecule has 0 saturated heterocycles. The average molecular weight is 259 g/mol. The molecule has 5 nitrogen and oxygen atoms in total. The number of nitrogens with zero attached hydrogens (tertiary/aromatic N) is 4. The molecule has 0 N–H and O–H groups in total. The molecule has 3 aromatic rings. The number of rotatable bonds is 2. The van der Waals surface area contributed by atoms with Gasteiger partial charge in [0, 0.05) is 18.6 Å². The van der Waals surface area contributed by atoms with Gasteiger partial charge in [0.1, 0.15) is 5.69 Å². The molecule has 0 saturated carbocycles. The van der Waals surface area contributed by atoms with Gasteiger partial charge in [-0.3, -0.25) is 9.97 Å². The lowest BCUT2D eigenvalue weighted by Crippen LogP contribution is -1.84. The van der Waals surface area contributed by atoms with Crippen molar-refractivity contribution in [3.8, 4) is 23.0 Å². The van der Waals surface area contributed by atoms with Crippen LogP contribution in [0, 0.1) is 0 Å². The fraction of sp³-hybridized carbons (Fsp3) is 0. The van der Waals surface area contributed by atoms with Crippen LogP contribution in [-0.4, -0.2) is 20.1 Å². The normalized spacial score (nSPS) is 10.5. The molecule has 0 amide bonds. The molecule has 0 fully saturated rings. The Kier molecular flexibility index (Phi) is 2.74. The first-order valence-electron chi connectivity index (χ1n) is 5.19. The van der Waals surface area contributed by atoms with Gasteiger partial charge in [0.15, 0.2) is 0 Å². The van der Waals surface area contributed by atoms with Gasteiger partial charge in [-0.15, -0.1) is 0 Å². The molecule has 88 valence electrons. The zero-order valence-corrected chi connectivity index (χ0v) is 9.87. The van der Waals surface area contributed by atoms with Gasteiger partial charge in [-0.05, 0) is 18.2 Å². The maximum Gasteiger partial charge on any atom is 0.259 e. The average Bonchev–Trinajstić information content (AvgIpc) is 2.89. The molecule has 3 rings (SSSR count). The maximum atomic E-state index is 5.85. The number of pyridine rings is 2. The number of hydrogen-bond acceptors (Lipinski definition) is 5. The van der Waals surface area contributed by atoms with Crippen LogP contribution in [0.4, 0.5) is 0 Å². The van der Waals surface area contributed by atoms with E-state index in [-0.39, 0.29) is 0 Å². The highest BCUT2D eigenvalue weighted by Crippen LogP contribution is 2.22. The number of halogens is 1. The van der Waals surface area contributed by atoms with E-state index in [2.05, 4.69) is 20.1 Å². The Morgan fingerprint density at radius 2 is 2.11 bits per heavy atom. The maximum absolute atomic E-state index is 5.85. The minimum atomic E-state index is 0.366. The van der Waals surface area contributed by atoms with E-state index in [4.69, 9.17) is 16.1 Å². The highest BCUT2D eigenvalue weighted by Gasteiger charge is 2.11. The number of aromatic nitrogens is 4. The monoisotopic (exact) mass is 258 g/mol. The first-order valence-corrected chi connectivity index (χ1v) is 5.57. The molecule has 0 bridgehead atoms. The topological polar surface area (TPSA) is 64.7 Å². The van der Waals surface area contributed by atoms with Crippen LogP contribution in [0.3, 0.4) is 0 Å². The first-order chi connectivity index (χ1) is 8.83. The molecule has 6 heteroatoms. The van der Waals surface area contributed by atoms with Gasteiger partial charge in [-0.2, -0.15) is 4.98 Å².